The van der Waals surface area contributed by atoms with Gasteiger partial charge in [0, 0.05) is 25.1 Å². The van der Waals surface area contributed by atoms with Gasteiger partial charge in [-0.3, -0.25) is 4.79 Å². The Kier molecular flexibility index (Phi) is 3.30. The van der Waals surface area contributed by atoms with E-state index >= 15 is 0 Å². The van der Waals surface area contributed by atoms with Gasteiger partial charge in [0.25, 0.3) is 5.91 Å². The van der Waals surface area contributed by atoms with Crippen molar-refractivity contribution in [2.24, 2.45) is 5.41 Å². The number of hydrogen-bond donors (Lipinski definition) is 0. The number of amides is 1. The minimum absolute atomic E-state index is 0.0963. The van der Waals surface area contributed by atoms with Crippen LogP contribution in [0, 0.1) is 17.0 Å². The first kappa shape index (κ1) is 12.9. The average Bonchev–Trinajstić information content (AvgIpc) is 2.26. The third-order valence-electron chi connectivity index (χ3n) is 2.88. The lowest BCUT2D eigenvalue weighted by Crippen LogP contribution is -2.49. The van der Waals surface area contributed by atoms with E-state index in [9.17, 15) is 13.6 Å². The number of ether oxygens (including phenoxy) is 1. The minimum atomic E-state index is -0.943. The lowest BCUT2D eigenvalue weighted by atomic mass is 9.88. The van der Waals surface area contributed by atoms with Gasteiger partial charge in [0.15, 0.2) is 11.5 Å². The normalized spacial score (nSPS) is 17.1. The maximum Gasteiger partial charge on any atom is 0.275 e. The fourth-order valence-corrected chi connectivity index (χ4v) is 1.94. The van der Waals surface area contributed by atoms with Crippen LogP contribution in [0.25, 0.3) is 0 Å². The molecule has 1 aromatic heterocycles. The number of halogens is 2. The second-order valence-electron chi connectivity index (χ2n) is 4.95. The van der Waals surface area contributed by atoms with Gasteiger partial charge < -0.3 is 9.64 Å². The number of carbonyl (C=O) groups is 1. The van der Waals surface area contributed by atoms with Crippen molar-refractivity contribution in [1.82, 2.24) is 9.88 Å². The van der Waals surface area contributed by atoms with Crippen molar-refractivity contribution in [3.8, 4) is 0 Å². The zero-order chi connectivity index (χ0) is 13.3. The molecule has 1 fully saturated rings. The van der Waals surface area contributed by atoms with Crippen molar-refractivity contribution < 1.29 is 18.3 Å². The summed E-state index contributed by atoms with van der Waals surface area (Å²) >= 11 is 0. The molecule has 18 heavy (non-hydrogen) atoms. The topological polar surface area (TPSA) is 42.4 Å². The van der Waals surface area contributed by atoms with Crippen LogP contribution in [0.2, 0.25) is 0 Å². The first-order valence-electron chi connectivity index (χ1n) is 5.55. The number of hydrogen-bond acceptors (Lipinski definition) is 3. The zero-order valence-corrected chi connectivity index (χ0v) is 10.2. The summed E-state index contributed by atoms with van der Waals surface area (Å²) in [5.41, 5.74) is -0.455. The predicted octanol–water partition coefficient (Wildman–Crippen LogP) is 1.47. The second kappa shape index (κ2) is 4.61. The lowest BCUT2D eigenvalue weighted by molar-refractivity contribution is -0.109. The van der Waals surface area contributed by atoms with Gasteiger partial charge in [-0.05, 0) is 0 Å². The van der Waals surface area contributed by atoms with E-state index in [0.717, 1.165) is 6.20 Å². The van der Waals surface area contributed by atoms with Crippen LogP contribution in [-0.2, 0) is 4.74 Å². The summed E-state index contributed by atoms with van der Waals surface area (Å²) < 4.78 is 31.2. The molecule has 0 atom stereocenters. The highest BCUT2D eigenvalue weighted by molar-refractivity contribution is 5.92. The summed E-state index contributed by atoms with van der Waals surface area (Å²) in [5.74, 6) is -2.30. The molecule has 1 aliphatic heterocycles. The van der Waals surface area contributed by atoms with Gasteiger partial charge in [0.1, 0.15) is 5.82 Å². The Morgan fingerprint density at radius 1 is 1.56 bits per heavy atom. The molecule has 0 unspecified atom stereocenters. The van der Waals surface area contributed by atoms with Crippen LogP contribution in [0.5, 0.6) is 0 Å². The third kappa shape index (κ3) is 2.48. The van der Waals surface area contributed by atoms with Crippen molar-refractivity contribution in [3.05, 3.63) is 29.6 Å². The number of carbonyl (C=O) groups excluding carboxylic acids is 1. The van der Waals surface area contributed by atoms with E-state index in [1.807, 2.05) is 6.92 Å². The quantitative estimate of drug-likeness (QED) is 0.822. The zero-order valence-electron chi connectivity index (χ0n) is 10.2. The van der Waals surface area contributed by atoms with E-state index in [1.54, 1.807) is 7.05 Å². The van der Waals surface area contributed by atoms with Crippen LogP contribution >= 0.6 is 0 Å². The Morgan fingerprint density at radius 3 is 2.72 bits per heavy atom. The van der Waals surface area contributed by atoms with Crippen LogP contribution in [0.15, 0.2) is 12.3 Å². The van der Waals surface area contributed by atoms with E-state index in [0.29, 0.717) is 25.8 Å². The smallest absolute Gasteiger partial charge is 0.275 e. The van der Waals surface area contributed by atoms with Crippen LogP contribution in [-0.4, -0.2) is 42.6 Å². The van der Waals surface area contributed by atoms with E-state index in [2.05, 4.69) is 4.98 Å². The molecule has 1 aromatic rings. The highest BCUT2D eigenvalue weighted by Crippen LogP contribution is 2.27. The van der Waals surface area contributed by atoms with E-state index in [1.165, 1.54) is 4.90 Å². The SMILES string of the molecule is CN(CC1(C)COC1)C(=O)c1ncc(F)cc1F. The van der Waals surface area contributed by atoms with Crippen molar-refractivity contribution >= 4 is 5.91 Å². The monoisotopic (exact) mass is 256 g/mol. The standard InChI is InChI=1S/C12H14F2N2O2/c1-12(6-18-7-12)5-16(2)11(17)10-9(14)3-8(13)4-15-10/h3-4H,5-7H2,1-2H3. The maximum atomic E-state index is 13.4. The molecule has 0 aromatic carbocycles. The summed E-state index contributed by atoms with van der Waals surface area (Å²) in [5, 5.41) is 0. The highest BCUT2D eigenvalue weighted by atomic mass is 19.1. The fourth-order valence-electron chi connectivity index (χ4n) is 1.94. The molecular formula is C12H14F2N2O2. The first-order chi connectivity index (χ1) is 8.41. The molecule has 98 valence electrons. The maximum absolute atomic E-state index is 13.4. The summed E-state index contributed by atoms with van der Waals surface area (Å²) in [6.07, 6.45) is 0.832. The number of nitrogens with zero attached hydrogens (tertiary/aromatic N) is 2. The van der Waals surface area contributed by atoms with E-state index < -0.39 is 17.5 Å². The van der Waals surface area contributed by atoms with Gasteiger partial charge in [0.2, 0.25) is 0 Å². The third-order valence-corrected chi connectivity index (χ3v) is 2.88. The average molecular weight is 256 g/mol. The molecule has 1 amide bonds. The van der Waals surface area contributed by atoms with Gasteiger partial charge >= 0.3 is 0 Å². The summed E-state index contributed by atoms with van der Waals surface area (Å²) in [7, 11) is 1.57. The van der Waals surface area contributed by atoms with Gasteiger partial charge in [-0.25, -0.2) is 13.8 Å². The second-order valence-corrected chi connectivity index (χ2v) is 4.95. The highest BCUT2D eigenvalue weighted by Gasteiger charge is 2.36. The Hall–Kier alpha value is -1.56. The number of aromatic nitrogens is 1. The Morgan fingerprint density at radius 2 is 2.22 bits per heavy atom. The van der Waals surface area contributed by atoms with Gasteiger partial charge in [-0.15, -0.1) is 0 Å². The van der Waals surface area contributed by atoms with Gasteiger partial charge in [0.05, 0.1) is 19.4 Å². The fraction of sp³-hybridized carbons (Fsp3) is 0.500. The van der Waals surface area contributed by atoms with Crippen LogP contribution < -0.4 is 0 Å². The molecule has 0 saturated carbocycles. The first-order valence-corrected chi connectivity index (χ1v) is 5.55. The Labute approximate surface area is 104 Å². The summed E-state index contributed by atoms with van der Waals surface area (Å²) in [6, 6.07) is 0.655. The van der Waals surface area contributed by atoms with Gasteiger partial charge in [-0.2, -0.15) is 0 Å². The Bertz CT molecular complexity index is 475. The number of rotatable bonds is 3. The summed E-state index contributed by atoms with van der Waals surface area (Å²) in [6.45, 7) is 3.58. The molecule has 0 aliphatic carbocycles. The molecule has 6 heteroatoms. The van der Waals surface area contributed by atoms with E-state index in [-0.39, 0.29) is 11.1 Å². The summed E-state index contributed by atoms with van der Waals surface area (Å²) in [4.78, 5) is 16.8. The number of pyridine rings is 1. The molecule has 0 spiro atoms. The largest absolute Gasteiger partial charge is 0.380 e. The van der Waals surface area contributed by atoms with Crippen molar-refractivity contribution in [2.75, 3.05) is 26.8 Å². The van der Waals surface area contributed by atoms with Crippen LogP contribution in [0.1, 0.15) is 17.4 Å². The molecule has 0 radical (unpaired) electrons. The van der Waals surface area contributed by atoms with Crippen molar-refractivity contribution in [2.45, 2.75) is 6.92 Å². The lowest BCUT2D eigenvalue weighted by Gasteiger charge is -2.40. The molecule has 1 aliphatic rings. The van der Waals surface area contributed by atoms with Crippen LogP contribution in [0.3, 0.4) is 0 Å². The molecular weight excluding hydrogens is 242 g/mol. The van der Waals surface area contributed by atoms with Crippen LogP contribution in [0.4, 0.5) is 8.78 Å². The molecule has 4 nitrogen and oxygen atoms in total. The molecule has 0 bridgehead atoms. The van der Waals surface area contributed by atoms with Gasteiger partial charge in [-0.1, -0.05) is 6.92 Å². The van der Waals surface area contributed by atoms with Crippen molar-refractivity contribution in [3.63, 3.8) is 0 Å². The predicted molar refractivity (Wildman–Crippen MR) is 60.0 cm³/mol. The molecule has 2 heterocycles. The molecule has 0 N–H and O–H groups in total. The molecule has 1 saturated heterocycles. The molecule has 2 rings (SSSR count). The van der Waals surface area contributed by atoms with Crippen molar-refractivity contribution in [1.29, 1.82) is 0 Å². The minimum Gasteiger partial charge on any atom is -0.380 e. The Balaban J connectivity index is 2.10. The van der Waals surface area contributed by atoms with E-state index in [4.69, 9.17) is 4.74 Å².